The van der Waals surface area contributed by atoms with Crippen LogP contribution >= 0.6 is 0 Å². The molecule has 1 amide bonds. The smallest absolute Gasteiger partial charge is 0.266 e. The highest BCUT2D eigenvalue weighted by atomic mass is 16.5. The third kappa shape index (κ3) is 5.70. The lowest BCUT2D eigenvalue weighted by atomic mass is 9.95. The summed E-state index contributed by atoms with van der Waals surface area (Å²) in [6.45, 7) is 0.634. The van der Waals surface area contributed by atoms with Crippen LogP contribution in [-0.4, -0.2) is 42.3 Å². The third-order valence-electron chi connectivity index (χ3n) is 7.59. The number of aliphatic hydroxyl groups excluding tert-OH is 1. The lowest BCUT2D eigenvalue weighted by Crippen LogP contribution is -2.52. The number of nitrogens with one attached hydrogen (secondary N) is 2. The van der Waals surface area contributed by atoms with E-state index in [1.165, 1.54) is 0 Å². The number of nitrogens with zero attached hydrogens (tertiary/aromatic N) is 1. The molecule has 1 atom stereocenters. The van der Waals surface area contributed by atoms with E-state index in [2.05, 4.69) is 35.1 Å². The number of aliphatic hydroxyl groups is 1. The molecular weight excluding hydrogens is 526 g/mol. The Bertz CT molecular complexity index is 1550. The molecule has 7 nitrogen and oxygen atoms in total. The van der Waals surface area contributed by atoms with E-state index in [1.54, 1.807) is 0 Å². The van der Waals surface area contributed by atoms with E-state index < -0.39 is 5.54 Å². The van der Waals surface area contributed by atoms with Gasteiger partial charge >= 0.3 is 0 Å². The molecule has 0 radical (unpaired) electrons. The Balaban J connectivity index is 1.23. The number of ether oxygens (including phenoxy) is 2. The number of amides is 1. The number of aliphatic imine (C=N–C) groups is 1. The highest BCUT2D eigenvalue weighted by molar-refractivity contribution is 6.00. The van der Waals surface area contributed by atoms with Crippen molar-refractivity contribution in [2.75, 3.05) is 19.8 Å². The summed E-state index contributed by atoms with van der Waals surface area (Å²) in [6, 6.07) is 33.7. The Kier molecular flexibility index (Phi) is 8.12. The second kappa shape index (κ2) is 12.4. The first-order valence-corrected chi connectivity index (χ1v) is 14.2. The maximum atomic E-state index is 13.9. The summed E-state index contributed by atoms with van der Waals surface area (Å²) in [5, 5.41) is 8.98. The molecule has 42 heavy (non-hydrogen) atoms. The van der Waals surface area contributed by atoms with Crippen LogP contribution < -0.4 is 15.6 Å². The van der Waals surface area contributed by atoms with Gasteiger partial charge in [0.25, 0.3) is 5.91 Å². The zero-order valence-corrected chi connectivity index (χ0v) is 23.2. The van der Waals surface area contributed by atoms with Crippen LogP contribution in [0.3, 0.4) is 0 Å². The van der Waals surface area contributed by atoms with Crippen LogP contribution in [0.25, 0.3) is 17.2 Å². The van der Waals surface area contributed by atoms with Gasteiger partial charge < -0.3 is 14.6 Å². The molecule has 212 valence electrons. The minimum Gasteiger partial charge on any atom is -0.494 e. The monoisotopic (exact) mass is 559 g/mol. The first-order chi connectivity index (χ1) is 20.7. The normalized spacial score (nSPS) is 17.4. The van der Waals surface area contributed by atoms with Gasteiger partial charge in [0.05, 0.1) is 12.6 Å². The van der Waals surface area contributed by atoms with Gasteiger partial charge in [-0.3, -0.25) is 10.2 Å². The van der Waals surface area contributed by atoms with Crippen molar-refractivity contribution >= 4 is 17.9 Å². The number of benzene rings is 4. The summed E-state index contributed by atoms with van der Waals surface area (Å²) in [6.07, 6.45) is 4.90. The highest BCUT2D eigenvalue weighted by Crippen LogP contribution is 2.42. The second-order valence-electron chi connectivity index (χ2n) is 10.4. The van der Waals surface area contributed by atoms with Crippen molar-refractivity contribution in [1.82, 2.24) is 10.9 Å². The molecule has 0 unspecified atom stereocenters. The summed E-state index contributed by atoms with van der Waals surface area (Å²) in [7, 11) is 0. The van der Waals surface area contributed by atoms with Gasteiger partial charge in [0, 0.05) is 25.0 Å². The minimum absolute atomic E-state index is 0.0836. The van der Waals surface area contributed by atoms with Crippen LogP contribution in [0, 0.1) is 0 Å². The van der Waals surface area contributed by atoms with Crippen molar-refractivity contribution in [1.29, 1.82) is 0 Å². The van der Waals surface area contributed by atoms with Gasteiger partial charge in [-0.05, 0) is 52.1 Å². The van der Waals surface area contributed by atoms with E-state index >= 15 is 0 Å². The molecule has 4 aromatic rings. The SMILES string of the molecule is O=C(NNC1c2ccccc2-c2ccccc21)[C@]1(C/C=C/c2ccccc2)COC(c2ccc(OCCCO)cc2)=N1. The van der Waals surface area contributed by atoms with Crippen molar-refractivity contribution in [3.8, 4) is 16.9 Å². The summed E-state index contributed by atoms with van der Waals surface area (Å²) < 4.78 is 11.7. The topological polar surface area (TPSA) is 92.2 Å². The van der Waals surface area contributed by atoms with E-state index in [-0.39, 0.29) is 25.2 Å². The van der Waals surface area contributed by atoms with E-state index in [0.717, 1.165) is 33.4 Å². The van der Waals surface area contributed by atoms with Crippen molar-refractivity contribution in [3.63, 3.8) is 0 Å². The zero-order valence-electron chi connectivity index (χ0n) is 23.2. The average Bonchev–Trinajstić information content (AvgIpc) is 3.61. The Morgan fingerprint density at radius 1 is 0.929 bits per heavy atom. The van der Waals surface area contributed by atoms with Gasteiger partial charge in [0.15, 0.2) is 5.54 Å². The molecule has 4 aromatic carbocycles. The minimum atomic E-state index is -1.15. The summed E-state index contributed by atoms with van der Waals surface area (Å²) in [5.74, 6) is 0.847. The quantitative estimate of drug-likeness (QED) is 0.168. The number of carbonyl (C=O) groups is 1. The molecule has 2 aliphatic rings. The predicted octanol–water partition coefficient (Wildman–Crippen LogP) is 5.46. The van der Waals surface area contributed by atoms with Crippen LogP contribution in [0.2, 0.25) is 0 Å². The Hall–Kier alpha value is -4.72. The standard InChI is InChI=1S/C35H33N3O4/c39-22-9-23-41-27-19-17-26(18-20-27)33-36-35(24-42-33,21-8-12-25-10-2-1-3-11-25)34(40)38-37-32-30-15-6-4-13-28(30)29-14-5-7-16-31(29)32/h1-8,10-20,32,37,39H,9,21-24H2,(H,38,40)/b12-8+/t35-/m0/s1. The van der Waals surface area contributed by atoms with Gasteiger partial charge in [-0.15, -0.1) is 0 Å². The van der Waals surface area contributed by atoms with Gasteiger partial charge in [0.1, 0.15) is 12.4 Å². The van der Waals surface area contributed by atoms with E-state index in [9.17, 15) is 4.79 Å². The fourth-order valence-electron chi connectivity index (χ4n) is 5.38. The van der Waals surface area contributed by atoms with E-state index in [0.29, 0.717) is 31.1 Å². The van der Waals surface area contributed by atoms with Crippen molar-refractivity contribution in [2.24, 2.45) is 4.99 Å². The van der Waals surface area contributed by atoms with Crippen LogP contribution in [0.15, 0.2) is 114 Å². The number of hydrazine groups is 1. The molecule has 6 rings (SSSR count). The molecular formula is C35H33N3O4. The molecule has 1 aliphatic carbocycles. The van der Waals surface area contributed by atoms with E-state index in [1.807, 2.05) is 91.0 Å². The number of fused-ring (bicyclic) bond motifs is 3. The summed E-state index contributed by atoms with van der Waals surface area (Å²) >= 11 is 0. The molecule has 0 aromatic heterocycles. The molecule has 1 aliphatic heterocycles. The first kappa shape index (κ1) is 27.4. The molecule has 1 heterocycles. The fourth-order valence-corrected chi connectivity index (χ4v) is 5.38. The predicted molar refractivity (Wildman–Crippen MR) is 164 cm³/mol. The van der Waals surface area contributed by atoms with Gasteiger partial charge in [-0.2, -0.15) is 0 Å². The molecule has 0 spiro atoms. The van der Waals surface area contributed by atoms with Crippen LogP contribution in [0.1, 0.15) is 41.1 Å². The van der Waals surface area contributed by atoms with Gasteiger partial charge in [-0.1, -0.05) is 91.0 Å². The Morgan fingerprint density at radius 3 is 2.29 bits per heavy atom. The van der Waals surface area contributed by atoms with Crippen molar-refractivity contribution in [3.05, 3.63) is 131 Å². The van der Waals surface area contributed by atoms with Crippen LogP contribution in [0.5, 0.6) is 5.75 Å². The van der Waals surface area contributed by atoms with Gasteiger partial charge in [0.2, 0.25) is 5.90 Å². The van der Waals surface area contributed by atoms with E-state index in [4.69, 9.17) is 19.6 Å². The number of carbonyl (C=O) groups excluding carboxylic acids is 1. The van der Waals surface area contributed by atoms with Crippen molar-refractivity contribution < 1.29 is 19.4 Å². The molecule has 0 saturated heterocycles. The van der Waals surface area contributed by atoms with Gasteiger partial charge in [-0.25, -0.2) is 10.4 Å². The first-order valence-electron chi connectivity index (χ1n) is 14.2. The maximum Gasteiger partial charge on any atom is 0.266 e. The third-order valence-corrected chi connectivity index (χ3v) is 7.59. The highest BCUT2D eigenvalue weighted by Gasteiger charge is 2.44. The lowest BCUT2D eigenvalue weighted by Gasteiger charge is -2.24. The number of rotatable bonds is 11. The molecule has 0 fully saturated rings. The Labute approximate surface area is 245 Å². The molecule has 0 saturated carbocycles. The number of hydrogen-bond acceptors (Lipinski definition) is 6. The molecule has 0 bridgehead atoms. The largest absolute Gasteiger partial charge is 0.494 e. The zero-order chi connectivity index (χ0) is 28.8. The van der Waals surface area contributed by atoms with Crippen molar-refractivity contribution in [2.45, 2.75) is 24.4 Å². The lowest BCUT2D eigenvalue weighted by molar-refractivity contribution is -0.127. The Morgan fingerprint density at radius 2 is 1.60 bits per heavy atom. The second-order valence-corrected chi connectivity index (χ2v) is 10.4. The average molecular weight is 560 g/mol. The fraction of sp³-hybridized carbons (Fsp3) is 0.200. The number of hydrogen-bond donors (Lipinski definition) is 3. The molecule has 7 heteroatoms. The molecule has 3 N–H and O–H groups in total. The summed E-state index contributed by atoms with van der Waals surface area (Å²) in [4.78, 5) is 18.8. The summed E-state index contributed by atoms with van der Waals surface area (Å²) in [5.41, 5.74) is 11.5. The maximum absolute atomic E-state index is 13.9. The van der Waals surface area contributed by atoms with Crippen LogP contribution in [0.4, 0.5) is 0 Å². The van der Waals surface area contributed by atoms with Crippen LogP contribution in [-0.2, 0) is 9.53 Å².